The van der Waals surface area contributed by atoms with Crippen LogP contribution in [0.2, 0.25) is 0 Å². The third-order valence-corrected chi connectivity index (χ3v) is 6.09. The van der Waals surface area contributed by atoms with Gasteiger partial charge in [-0.3, -0.25) is 14.7 Å². The first-order valence-corrected chi connectivity index (χ1v) is 10.8. The zero-order chi connectivity index (χ0) is 20.9. The van der Waals surface area contributed by atoms with E-state index in [2.05, 4.69) is 63.8 Å². The maximum Gasteiger partial charge on any atom is 0.246 e. The van der Waals surface area contributed by atoms with E-state index in [4.69, 9.17) is 0 Å². The van der Waals surface area contributed by atoms with E-state index in [9.17, 15) is 4.79 Å². The van der Waals surface area contributed by atoms with E-state index < -0.39 is 0 Å². The summed E-state index contributed by atoms with van der Waals surface area (Å²) in [4.78, 5) is 21.4. The molecule has 0 bridgehead atoms. The molecule has 2 heterocycles. The van der Waals surface area contributed by atoms with Crippen molar-refractivity contribution in [3.8, 4) is 0 Å². The monoisotopic (exact) mass is 405 g/mol. The van der Waals surface area contributed by atoms with Crippen LogP contribution in [0.4, 0.5) is 5.69 Å². The molecule has 1 fully saturated rings. The van der Waals surface area contributed by atoms with Crippen LogP contribution in [0.3, 0.4) is 0 Å². The smallest absolute Gasteiger partial charge is 0.246 e. The Hall–Kier alpha value is -2.86. The summed E-state index contributed by atoms with van der Waals surface area (Å²) in [5, 5.41) is 6.72. The van der Waals surface area contributed by atoms with Crippen LogP contribution < -0.4 is 15.5 Å². The number of benzene rings is 2. The summed E-state index contributed by atoms with van der Waals surface area (Å²) in [6.07, 6.45) is 1.98. The summed E-state index contributed by atoms with van der Waals surface area (Å²) >= 11 is 0. The van der Waals surface area contributed by atoms with Crippen molar-refractivity contribution in [3.63, 3.8) is 0 Å². The van der Waals surface area contributed by atoms with Gasteiger partial charge >= 0.3 is 0 Å². The molecule has 0 radical (unpaired) electrons. The van der Waals surface area contributed by atoms with Gasteiger partial charge in [-0.25, -0.2) is 0 Å². The molecular weight excluding hydrogens is 374 g/mol. The van der Waals surface area contributed by atoms with E-state index in [1.807, 2.05) is 23.1 Å². The Morgan fingerprint density at radius 3 is 2.70 bits per heavy atom. The highest BCUT2D eigenvalue weighted by Gasteiger charge is 2.30. The molecule has 2 aromatic rings. The lowest BCUT2D eigenvalue weighted by Crippen LogP contribution is -2.48. The van der Waals surface area contributed by atoms with Gasteiger partial charge in [-0.15, -0.1) is 0 Å². The fraction of sp³-hybridized carbons (Fsp3) is 0.417. The molecule has 2 aliphatic heterocycles. The number of hydrogen-bond acceptors (Lipinski definition) is 3. The molecule has 0 aromatic heterocycles. The van der Waals surface area contributed by atoms with Gasteiger partial charge in [0.15, 0.2) is 5.96 Å². The Balaban J connectivity index is 1.28. The Morgan fingerprint density at radius 1 is 1.13 bits per heavy atom. The van der Waals surface area contributed by atoms with Crippen molar-refractivity contribution >= 4 is 17.6 Å². The molecule has 2 aliphatic rings. The Labute approximate surface area is 179 Å². The number of anilines is 1. The number of fused-ring (bicyclic) bond motifs is 1. The topological polar surface area (TPSA) is 60.0 Å². The molecule has 158 valence electrons. The lowest BCUT2D eigenvalue weighted by molar-refractivity contribution is -0.117. The molecule has 2 atom stereocenters. The van der Waals surface area contributed by atoms with Crippen molar-refractivity contribution in [2.45, 2.75) is 38.4 Å². The molecule has 1 amide bonds. The van der Waals surface area contributed by atoms with E-state index in [0.717, 1.165) is 38.2 Å². The average molecular weight is 406 g/mol. The molecule has 0 spiro atoms. The third-order valence-electron chi connectivity index (χ3n) is 6.09. The molecule has 30 heavy (non-hydrogen) atoms. The summed E-state index contributed by atoms with van der Waals surface area (Å²) in [6, 6.07) is 19.5. The minimum absolute atomic E-state index is 0.0772. The lowest BCUT2D eigenvalue weighted by atomic mass is 10.2. The highest BCUT2D eigenvalue weighted by atomic mass is 16.2. The zero-order valence-electron chi connectivity index (χ0n) is 17.8. The van der Waals surface area contributed by atoms with Gasteiger partial charge in [-0.05, 0) is 37.0 Å². The molecule has 1 saturated heterocycles. The first-order chi connectivity index (χ1) is 14.6. The van der Waals surface area contributed by atoms with Crippen LogP contribution in [0.5, 0.6) is 0 Å². The van der Waals surface area contributed by atoms with Gasteiger partial charge in [-0.1, -0.05) is 48.5 Å². The van der Waals surface area contributed by atoms with Gasteiger partial charge in [0.1, 0.15) is 0 Å². The van der Waals surface area contributed by atoms with Crippen LogP contribution in [0.1, 0.15) is 24.5 Å². The predicted octanol–water partition coefficient (Wildman–Crippen LogP) is 2.40. The number of para-hydroxylation sites is 1. The van der Waals surface area contributed by atoms with E-state index in [0.29, 0.717) is 18.0 Å². The molecule has 2 N–H and O–H groups in total. The van der Waals surface area contributed by atoms with Crippen molar-refractivity contribution in [1.29, 1.82) is 0 Å². The lowest BCUT2D eigenvalue weighted by Gasteiger charge is -2.21. The summed E-state index contributed by atoms with van der Waals surface area (Å²) in [7, 11) is 1.76. The molecule has 0 saturated carbocycles. The number of aliphatic imine (C=N–C) groups is 1. The number of hydrogen-bond donors (Lipinski definition) is 2. The van der Waals surface area contributed by atoms with E-state index in [1.54, 1.807) is 7.05 Å². The summed E-state index contributed by atoms with van der Waals surface area (Å²) < 4.78 is 0. The quantitative estimate of drug-likeness (QED) is 0.592. The fourth-order valence-corrected chi connectivity index (χ4v) is 4.48. The molecule has 6 heteroatoms. The number of nitrogens with one attached hydrogen (secondary N) is 2. The minimum Gasteiger partial charge on any atom is -0.352 e. The second-order valence-electron chi connectivity index (χ2n) is 8.19. The number of carbonyl (C=O) groups excluding carboxylic acids is 1. The van der Waals surface area contributed by atoms with Crippen LogP contribution >= 0.6 is 0 Å². The summed E-state index contributed by atoms with van der Waals surface area (Å²) in [6.45, 7) is 5.18. The molecule has 2 unspecified atom stereocenters. The first kappa shape index (κ1) is 20.4. The van der Waals surface area contributed by atoms with E-state index in [1.165, 1.54) is 11.1 Å². The molecule has 2 aromatic carbocycles. The van der Waals surface area contributed by atoms with Gasteiger partial charge in [0, 0.05) is 44.5 Å². The molecular formula is C24H31N5O. The fourth-order valence-electron chi connectivity index (χ4n) is 4.48. The minimum atomic E-state index is 0.0772. The maximum absolute atomic E-state index is 12.7. The number of nitrogens with zero attached hydrogens (tertiary/aromatic N) is 3. The molecule has 0 aliphatic carbocycles. The number of carbonyl (C=O) groups is 1. The maximum atomic E-state index is 12.7. The van der Waals surface area contributed by atoms with Crippen LogP contribution in [0.15, 0.2) is 59.6 Å². The summed E-state index contributed by atoms with van der Waals surface area (Å²) in [5.41, 5.74) is 3.62. The standard InChI is InChI=1S/C24H31N5O/c1-18-14-21(17-28(18)16-19-8-4-3-5-9-19)27-24(25-2)26-15-23(30)29-13-12-20-10-6-7-11-22(20)29/h3-11,18,21H,12-17H2,1-2H3,(H2,25,26,27). The average Bonchev–Trinajstić information content (AvgIpc) is 3.35. The van der Waals surface area contributed by atoms with Crippen LogP contribution in [0, 0.1) is 0 Å². The second kappa shape index (κ2) is 9.30. The molecule has 6 nitrogen and oxygen atoms in total. The van der Waals surface area contributed by atoms with E-state index >= 15 is 0 Å². The predicted molar refractivity (Wildman–Crippen MR) is 122 cm³/mol. The highest BCUT2D eigenvalue weighted by molar-refractivity contribution is 5.98. The molecule has 4 rings (SSSR count). The number of rotatable bonds is 5. The van der Waals surface area contributed by atoms with Gasteiger partial charge < -0.3 is 15.5 Å². The van der Waals surface area contributed by atoms with Crippen molar-refractivity contribution in [2.24, 2.45) is 4.99 Å². The third kappa shape index (κ3) is 4.65. The SMILES string of the molecule is CN=C(NCC(=O)N1CCc2ccccc21)NC1CC(C)N(Cc2ccccc2)C1. The Kier molecular flexibility index (Phi) is 6.33. The largest absolute Gasteiger partial charge is 0.352 e. The van der Waals surface area contributed by atoms with Crippen molar-refractivity contribution in [2.75, 3.05) is 31.6 Å². The summed E-state index contributed by atoms with van der Waals surface area (Å²) in [5.74, 6) is 0.767. The number of likely N-dealkylation sites (tertiary alicyclic amines) is 1. The van der Waals surface area contributed by atoms with Crippen LogP contribution in [-0.2, 0) is 17.8 Å². The Bertz CT molecular complexity index is 897. The number of amides is 1. The van der Waals surface area contributed by atoms with Crippen LogP contribution in [0.25, 0.3) is 0 Å². The van der Waals surface area contributed by atoms with Gasteiger partial charge in [0.05, 0.1) is 6.54 Å². The van der Waals surface area contributed by atoms with Crippen molar-refractivity contribution in [3.05, 3.63) is 65.7 Å². The van der Waals surface area contributed by atoms with Crippen LogP contribution in [-0.4, -0.2) is 55.5 Å². The van der Waals surface area contributed by atoms with Gasteiger partial charge in [-0.2, -0.15) is 0 Å². The first-order valence-electron chi connectivity index (χ1n) is 10.8. The zero-order valence-corrected chi connectivity index (χ0v) is 17.8. The van der Waals surface area contributed by atoms with Gasteiger partial charge in [0.2, 0.25) is 5.91 Å². The second-order valence-corrected chi connectivity index (χ2v) is 8.19. The van der Waals surface area contributed by atoms with Crippen molar-refractivity contribution < 1.29 is 4.79 Å². The van der Waals surface area contributed by atoms with E-state index in [-0.39, 0.29) is 12.5 Å². The normalized spacial score (nSPS) is 21.5. The highest BCUT2D eigenvalue weighted by Crippen LogP contribution is 2.27. The van der Waals surface area contributed by atoms with Crippen molar-refractivity contribution in [1.82, 2.24) is 15.5 Å². The number of guanidine groups is 1. The van der Waals surface area contributed by atoms with Gasteiger partial charge in [0.25, 0.3) is 0 Å². The Morgan fingerprint density at radius 2 is 1.90 bits per heavy atom.